The number of carboxylic acid groups (broad SMARTS) is 1. The molecule has 0 bridgehead atoms. The van der Waals surface area contributed by atoms with Gasteiger partial charge in [0.15, 0.2) is 0 Å². The molecule has 1 aromatic carbocycles. The summed E-state index contributed by atoms with van der Waals surface area (Å²) in [6.45, 7) is 2.03. The summed E-state index contributed by atoms with van der Waals surface area (Å²) < 4.78 is 5.59. The zero-order valence-electron chi connectivity index (χ0n) is 11.1. The third-order valence-electron chi connectivity index (χ3n) is 4.11. The van der Waals surface area contributed by atoms with Crippen LogP contribution >= 0.6 is 0 Å². The van der Waals surface area contributed by atoms with Crippen LogP contribution < -0.4 is 4.74 Å². The highest BCUT2D eigenvalue weighted by Crippen LogP contribution is 2.55. The molecule has 1 saturated carbocycles. The first-order valence-corrected chi connectivity index (χ1v) is 6.44. The third-order valence-corrected chi connectivity index (χ3v) is 4.11. The Labute approximate surface area is 111 Å². The molecule has 19 heavy (non-hydrogen) atoms. The van der Waals surface area contributed by atoms with E-state index >= 15 is 0 Å². The lowest BCUT2D eigenvalue weighted by molar-refractivity contribution is -0.137. The second-order valence-electron chi connectivity index (χ2n) is 5.39. The molecular weight excluding hydrogens is 242 g/mol. The van der Waals surface area contributed by atoms with Crippen molar-refractivity contribution in [3.05, 3.63) is 29.5 Å². The van der Waals surface area contributed by atoms with Crippen molar-refractivity contribution in [2.75, 3.05) is 7.11 Å². The van der Waals surface area contributed by atoms with Crippen LogP contribution in [0.5, 0.6) is 5.75 Å². The summed E-state index contributed by atoms with van der Waals surface area (Å²) in [6, 6.07) is 4.02. The van der Waals surface area contributed by atoms with Gasteiger partial charge in [0.2, 0.25) is 0 Å². The van der Waals surface area contributed by atoms with Crippen molar-refractivity contribution in [2.24, 2.45) is 0 Å². The summed E-state index contributed by atoms with van der Waals surface area (Å²) in [6.07, 6.45) is 3.97. The Morgan fingerprint density at radius 1 is 1.47 bits per heavy atom. The number of aromatic amines is 1. The average molecular weight is 259 g/mol. The molecule has 2 N–H and O–H groups in total. The van der Waals surface area contributed by atoms with E-state index in [1.54, 1.807) is 7.11 Å². The second-order valence-corrected chi connectivity index (χ2v) is 5.39. The molecule has 100 valence electrons. The van der Waals surface area contributed by atoms with E-state index in [2.05, 4.69) is 4.98 Å². The maximum absolute atomic E-state index is 11.1. The predicted molar refractivity (Wildman–Crippen MR) is 72.8 cm³/mol. The monoisotopic (exact) mass is 259 g/mol. The zero-order valence-corrected chi connectivity index (χ0v) is 11.1. The highest BCUT2D eigenvalue weighted by atomic mass is 16.5. The second kappa shape index (κ2) is 4.02. The number of aliphatic carboxylic acids is 1. The lowest BCUT2D eigenvalue weighted by Gasteiger charge is -2.18. The Balaban J connectivity index is 2.19. The van der Waals surface area contributed by atoms with Gasteiger partial charge in [-0.15, -0.1) is 0 Å². The van der Waals surface area contributed by atoms with Crippen LogP contribution in [0.15, 0.2) is 18.3 Å². The molecule has 4 heteroatoms. The Hall–Kier alpha value is -1.97. The number of hydrogen-bond donors (Lipinski definition) is 2. The van der Waals surface area contributed by atoms with E-state index < -0.39 is 5.97 Å². The molecule has 1 aromatic heterocycles. The first kappa shape index (κ1) is 12.1. The van der Waals surface area contributed by atoms with Gasteiger partial charge in [-0.3, -0.25) is 4.79 Å². The van der Waals surface area contributed by atoms with Crippen LogP contribution in [0.3, 0.4) is 0 Å². The molecule has 1 aliphatic rings. The fourth-order valence-corrected chi connectivity index (χ4v) is 2.96. The number of fused-ring (bicyclic) bond motifs is 1. The first-order chi connectivity index (χ1) is 9.07. The van der Waals surface area contributed by atoms with Gasteiger partial charge in [0.1, 0.15) is 5.75 Å². The number of hydrogen-bond acceptors (Lipinski definition) is 2. The normalized spacial score (nSPS) is 16.5. The topological polar surface area (TPSA) is 62.3 Å². The Bertz CT molecular complexity index is 653. The summed E-state index contributed by atoms with van der Waals surface area (Å²) in [5, 5.41) is 10.2. The van der Waals surface area contributed by atoms with Crippen LogP contribution in [0.4, 0.5) is 0 Å². The van der Waals surface area contributed by atoms with Crippen molar-refractivity contribution in [2.45, 2.75) is 31.6 Å². The molecule has 1 fully saturated rings. The van der Waals surface area contributed by atoms with Gasteiger partial charge < -0.3 is 14.8 Å². The Kier molecular flexibility index (Phi) is 2.55. The van der Waals surface area contributed by atoms with Gasteiger partial charge in [-0.2, -0.15) is 0 Å². The molecule has 0 unspecified atom stereocenters. The number of rotatable bonds is 4. The molecule has 3 rings (SSSR count). The van der Waals surface area contributed by atoms with Gasteiger partial charge in [-0.05, 0) is 31.4 Å². The van der Waals surface area contributed by atoms with Crippen molar-refractivity contribution in [1.82, 2.24) is 4.98 Å². The van der Waals surface area contributed by atoms with Crippen molar-refractivity contribution >= 4 is 16.9 Å². The number of carbonyl (C=O) groups is 1. The molecule has 1 aliphatic carbocycles. The summed E-state index contributed by atoms with van der Waals surface area (Å²) >= 11 is 0. The van der Waals surface area contributed by atoms with Crippen LogP contribution in [-0.2, 0) is 10.2 Å². The summed E-state index contributed by atoms with van der Waals surface area (Å²) in [7, 11) is 1.65. The van der Waals surface area contributed by atoms with E-state index in [1.165, 1.54) is 0 Å². The van der Waals surface area contributed by atoms with Crippen molar-refractivity contribution < 1.29 is 14.6 Å². The fourth-order valence-electron chi connectivity index (χ4n) is 2.96. The van der Waals surface area contributed by atoms with Crippen molar-refractivity contribution in [3.63, 3.8) is 0 Å². The van der Waals surface area contributed by atoms with Gasteiger partial charge in [-0.1, -0.05) is 6.07 Å². The van der Waals surface area contributed by atoms with E-state index in [0.29, 0.717) is 0 Å². The summed E-state index contributed by atoms with van der Waals surface area (Å²) in [5.41, 5.74) is 2.96. The van der Waals surface area contributed by atoms with Crippen LogP contribution in [0, 0.1) is 6.92 Å². The number of ether oxygens (including phenoxy) is 1. The lowest BCUT2D eigenvalue weighted by atomic mass is 9.90. The van der Waals surface area contributed by atoms with Gasteiger partial charge in [0.05, 0.1) is 13.5 Å². The number of nitrogens with one attached hydrogen (secondary N) is 1. The van der Waals surface area contributed by atoms with Gasteiger partial charge >= 0.3 is 5.97 Å². The van der Waals surface area contributed by atoms with E-state index in [4.69, 9.17) is 9.84 Å². The molecule has 2 aromatic rings. The lowest BCUT2D eigenvalue weighted by Crippen LogP contribution is -2.14. The number of methoxy groups -OCH3 is 1. The molecular formula is C15H17NO3. The molecule has 0 aliphatic heterocycles. The zero-order chi connectivity index (χ0) is 13.6. The standard InChI is InChI=1S/C15H17NO3/c1-9-8-16-11-4-3-10(14(19-2)13(9)11)15(5-6-15)7-12(17)18/h3-4,8,16H,5-7H2,1-2H3,(H,17,18). The summed E-state index contributed by atoms with van der Waals surface area (Å²) in [5.74, 6) is 0.0837. The van der Waals surface area contributed by atoms with Crippen LogP contribution in [0.1, 0.15) is 30.4 Å². The molecule has 0 spiro atoms. The van der Waals surface area contributed by atoms with Gasteiger partial charge in [-0.25, -0.2) is 0 Å². The minimum Gasteiger partial charge on any atom is -0.496 e. The van der Waals surface area contributed by atoms with E-state index in [9.17, 15) is 4.79 Å². The van der Waals surface area contributed by atoms with Crippen LogP contribution in [0.25, 0.3) is 10.9 Å². The Morgan fingerprint density at radius 3 is 2.79 bits per heavy atom. The number of aryl methyl sites for hydroxylation is 1. The number of benzene rings is 1. The number of carboxylic acids is 1. The quantitative estimate of drug-likeness (QED) is 0.887. The molecule has 0 saturated heterocycles. The molecule has 0 atom stereocenters. The highest BCUT2D eigenvalue weighted by molar-refractivity contribution is 5.91. The number of aromatic nitrogens is 1. The van der Waals surface area contributed by atoms with Crippen molar-refractivity contribution in [1.29, 1.82) is 0 Å². The Morgan fingerprint density at radius 2 is 2.21 bits per heavy atom. The maximum Gasteiger partial charge on any atom is 0.304 e. The fraction of sp³-hybridized carbons (Fsp3) is 0.400. The summed E-state index contributed by atoms with van der Waals surface area (Å²) in [4.78, 5) is 14.3. The van der Waals surface area contributed by atoms with Crippen LogP contribution in [-0.4, -0.2) is 23.2 Å². The van der Waals surface area contributed by atoms with E-state index in [1.807, 2.05) is 25.3 Å². The van der Waals surface area contributed by atoms with Crippen molar-refractivity contribution in [3.8, 4) is 5.75 Å². The SMILES string of the molecule is COc1c(C2(CC(=O)O)CC2)ccc2[nH]cc(C)c12. The van der Waals surface area contributed by atoms with Crippen LogP contribution in [0.2, 0.25) is 0 Å². The van der Waals surface area contributed by atoms with E-state index in [0.717, 1.165) is 40.6 Å². The average Bonchev–Trinajstić information content (AvgIpc) is 3.04. The number of H-pyrrole nitrogens is 1. The van der Waals surface area contributed by atoms with Gasteiger partial charge in [0.25, 0.3) is 0 Å². The molecule has 0 radical (unpaired) electrons. The highest BCUT2D eigenvalue weighted by Gasteiger charge is 2.48. The van der Waals surface area contributed by atoms with E-state index in [-0.39, 0.29) is 11.8 Å². The molecule has 4 nitrogen and oxygen atoms in total. The largest absolute Gasteiger partial charge is 0.496 e. The van der Waals surface area contributed by atoms with Gasteiger partial charge in [0, 0.05) is 28.1 Å². The smallest absolute Gasteiger partial charge is 0.304 e. The molecule has 1 heterocycles. The maximum atomic E-state index is 11.1. The minimum atomic E-state index is -0.745. The third kappa shape index (κ3) is 1.79. The predicted octanol–water partition coefficient (Wildman–Crippen LogP) is 2.99. The minimum absolute atomic E-state index is 0.179. The molecule has 0 amide bonds. The first-order valence-electron chi connectivity index (χ1n) is 6.44.